The van der Waals surface area contributed by atoms with Gasteiger partial charge in [0.15, 0.2) is 0 Å². The standard InChI is InChI=1S/C15H11FN2O2/c16-11-7-5-10(6-8-11)9-18-14(19)12-3-1-2-4-13(12)17-15(18)20/h1-8,12H,9H2. The summed E-state index contributed by atoms with van der Waals surface area (Å²) in [5, 5.41) is 0. The molecule has 0 saturated heterocycles. The zero-order valence-electron chi connectivity index (χ0n) is 10.5. The Morgan fingerprint density at radius 2 is 1.90 bits per heavy atom. The molecule has 20 heavy (non-hydrogen) atoms. The van der Waals surface area contributed by atoms with Gasteiger partial charge in [0, 0.05) is 0 Å². The molecule has 100 valence electrons. The molecule has 5 heteroatoms. The first kappa shape index (κ1) is 12.5. The van der Waals surface area contributed by atoms with Crippen molar-refractivity contribution < 1.29 is 14.0 Å². The number of carbonyl (C=O) groups is 2. The van der Waals surface area contributed by atoms with Crippen molar-refractivity contribution >= 4 is 17.6 Å². The maximum Gasteiger partial charge on any atom is 0.350 e. The van der Waals surface area contributed by atoms with E-state index < -0.39 is 11.9 Å². The van der Waals surface area contributed by atoms with Crippen LogP contribution in [0.1, 0.15) is 5.56 Å². The number of nitrogens with zero attached hydrogens (tertiary/aromatic N) is 2. The van der Waals surface area contributed by atoms with Crippen molar-refractivity contribution in [3.63, 3.8) is 0 Å². The second-order valence-electron chi connectivity index (χ2n) is 4.59. The van der Waals surface area contributed by atoms with Gasteiger partial charge in [0.2, 0.25) is 5.91 Å². The van der Waals surface area contributed by atoms with E-state index in [9.17, 15) is 14.0 Å². The molecule has 3 rings (SSSR count). The monoisotopic (exact) mass is 270 g/mol. The molecule has 1 aliphatic carbocycles. The Hall–Kier alpha value is -2.56. The first-order chi connectivity index (χ1) is 9.65. The van der Waals surface area contributed by atoms with Crippen molar-refractivity contribution in [3.05, 3.63) is 60.0 Å². The lowest BCUT2D eigenvalue weighted by Crippen LogP contribution is -2.45. The lowest BCUT2D eigenvalue weighted by Gasteiger charge is -2.28. The number of hydrogen-bond donors (Lipinski definition) is 0. The van der Waals surface area contributed by atoms with Crippen molar-refractivity contribution in [1.29, 1.82) is 0 Å². The Balaban J connectivity index is 1.87. The summed E-state index contributed by atoms with van der Waals surface area (Å²) >= 11 is 0. The molecule has 1 unspecified atom stereocenters. The minimum Gasteiger partial charge on any atom is -0.273 e. The Labute approximate surface area is 114 Å². The fourth-order valence-electron chi connectivity index (χ4n) is 2.20. The lowest BCUT2D eigenvalue weighted by molar-refractivity contribution is -0.129. The van der Waals surface area contributed by atoms with E-state index in [0.29, 0.717) is 11.3 Å². The summed E-state index contributed by atoms with van der Waals surface area (Å²) in [5.74, 6) is -1.16. The van der Waals surface area contributed by atoms with Crippen LogP contribution in [0, 0.1) is 11.7 Å². The van der Waals surface area contributed by atoms with Gasteiger partial charge in [0.25, 0.3) is 0 Å². The number of urea groups is 1. The maximum atomic E-state index is 12.9. The van der Waals surface area contributed by atoms with Crippen LogP contribution in [0.25, 0.3) is 0 Å². The molecule has 0 N–H and O–H groups in total. The molecule has 1 heterocycles. The van der Waals surface area contributed by atoms with Crippen LogP contribution in [-0.4, -0.2) is 22.5 Å². The number of allylic oxidation sites excluding steroid dienone is 3. The van der Waals surface area contributed by atoms with E-state index in [2.05, 4.69) is 4.99 Å². The number of imide groups is 1. The largest absolute Gasteiger partial charge is 0.350 e. The van der Waals surface area contributed by atoms with Gasteiger partial charge >= 0.3 is 6.03 Å². The van der Waals surface area contributed by atoms with Crippen LogP contribution in [0.5, 0.6) is 0 Å². The number of fused-ring (bicyclic) bond motifs is 1. The molecule has 1 aromatic rings. The number of aliphatic imine (C=N–C) groups is 1. The quantitative estimate of drug-likeness (QED) is 0.829. The molecule has 2 aliphatic rings. The van der Waals surface area contributed by atoms with E-state index >= 15 is 0 Å². The van der Waals surface area contributed by atoms with Crippen LogP contribution in [0.15, 0.2) is 53.6 Å². The summed E-state index contributed by atoms with van der Waals surface area (Å²) in [5.41, 5.74) is 1.15. The molecule has 0 spiro atoms. The van der Waals surface area contributed by atoms with Gasteiger partial charge in [-0.1, -0.05) is 30.4 Å². The second-order valence-corrected chi connectivity index (χ2v) is 4.59. The van der Waals surface area contributed by atoms with Crippen LogP contribution >= 0.6 is 0 Å². The fourth-order valence-corrected chi connectivity index (χ4v) is 2.20. The van der Waals surface area contributed by atoms with Gasteiger partial charge < -0.3 is 0 Å². The molecule has 0 saturated carbocycles. The maximum absolute atomic E-state index is 12.9. The van der Waals surface area contributed by atoms with Crippen LogP contribution < -0.4 is 0 Å². The summed E-state index contributed by atoms with van der Waals surface area (Å²) in [4.78, 5) is 29.2. The second kappa shape index (κ2) is 4.85. The molecule has 3 amide bonds. The zero-order valence-corrected chi connectivity index (χ0v) is 10.5. The number of hydrogen-bond acceptors (Lipinski definition) is 2. The SMILES string of the molecule is O=C1N=C2C=CC=CC2C(=O)N1Cc1ccc(F)cc1. The van der Waals surface area contributed by atoms with Gasteiger partial charge in [-0.3, -0.25) is 9.69 Å². The molecule has 4 nitrogen and oxygen atoms in total. The molecular formula is C15H11FN2O2. The molecular weight excluding hydrogens is 259 g/mol. The summed E-state index contributed by atoms with van der Waals surface area (Å²) in [6, 6.07) is 5.11. The van der Waals surface area contributed by atoms with Gasteiger partial charge in [-0.2, -0.15) is 4.99 Å². The number of halogens is 1. The average molecular weight is 270 g/mol. The van der Waals surface area contributed by atoms with E-state index in [-0.39, 0.29) is 18.3 Å². The van der Waals surface area contributed by atoms with Crippen LogP contribution in [0.3, 0.4) is 0 Å². The molecule has 1 atom stereocenters. The fraction of sp³-hybridized carbons (Fsp3) is 0.133. The minimum absolute atomic E-state index is 0.1000. The molecule has 1 aliphatic heterocycles. The summed E-state index contributed by atoms with van der Waals surface area (Å²) < 4.78 is 12.9. The predicted molar refractivity (Wildman–Crippen MR) is 71.6 cm³/mol. The smallest absolute Gasteiger partial charge is 0.273 e. The van der Waals surface area contributed by atoms with Gasteiger partial charge in [-0.15, -0.1) is 0 Å². The van der Waals surface area contributed by atoms with Crippen LogP contribution in [-0.2, 0) is 11.3 Å². The highest BCUT2D eigenvalue weighted by atomic mass is 19.1. The number of carbonyl (C=O) groups excluding carboxylic acids is 2. The zero-order chi connectivity index (χ0) is 14.1. The predicted octanol–water partition coefficient (Wildman–Crippen LogP) is 2.47. The summed E-state index contributed by atoms with van der Waals surface area (Å²) in [6.07, 6.45) is 6.87. The Bertz CT molecular complexity index is 659. The van der Waals surface area contributed by atoms with Gasteiger partial charge in [-0.25, -0.2) is 9.18 Å². The van der Waals surface area contributed by atoms with Gasteiger partial charge in [-0.05, 0) is 23.8 Å². The van der Waals surface area contributed by atoms with Crippen molar-refractivity contribution in [3.8, 4) is 0 Å². The van der Waals surface area contributed by atoms with Crippen molar-refractivity contribution in [2.45, 2.75) is 6.54 Å². The number of benzene rings is 1. The topological polar surface area (TPSA) is 49.7 Å². The highest BCUT2D eigenvalue weighted by Gasteiger charge is 2.35. The third-order valence-electron chi connectivity index (χ3n) is 3.24. The molecule has 0 fully saturated rings. The van der Waals surface area contributed by atoms with Crippen molar-refractivity contribution in [2.24, 2.45) is 10.9 Å². The van der Waals surface area contributed by atoms with Gasteiger partial charge in [0.1, 0.15) is 5.82 Å². The Kier molecular flexibility index (Phi) is 3.02. The third-order valence-corrected chi connectivity index (χ3v) is 3.24. The van der Waals surface area contributed by atoms with E-state index in [1.165, 1.54) is 12.1 Å². The highest BCUT2D eigenvalue weighted by molar-refractivity contribution is 6.21. The first-order valence-corrected chi connectivity index (χ1v) is 6.18. The minimum atomic E-state index is -0.578. The first-order valence-electron chi connectivity index (χ1n) is 6.18. The molecule has 1 aromatic carbocycles. The Morgan fingerprint density at radius 3 is 2.65 bits per heavy atom. The van der Waals surface area contributed by atoms with E-state index in [4.69, 9.17) is 0 Å². The van der Waals surface area contributed by atoms with E-state index in [0.717, 1.165) is 4.90 Å². The molecule has 0 radical (unpaired) electrons. The Morgan fingerprint density at radius 1 is 1.15 bits per heavy atom. The van der Waals surface area contributed by atoms with Crippen LogP contribution in [0.2, 0.25) is 0 Å². The van der Waals surface area contributed by atoms with E-state index in [1.807, 2.05) is 0 Å². The number of rotatable bonds is 2. The lowest BCUT2D eigenvalue weighted by atomic mass is 9.95. The number of amides is 3. The highest BCUT2D eigenvalue weighted by Crippen LogP contribution is 2.21. The molecule has 0 bridgehead atoms. The summed E-state index contributed by atoms with van der Waals surface area (Å²) in [6.45, 7) is 0.1000. The van der Waals surface area contributed by atoms with Crippen molar-refractivity contribution in [2.75, 3.05) is 0 Å². The van der Waals surface area contributed by atoms with Crippen molar-refractivity contribution in [1.82, 2.24) is 4.90 Å². The normalized spacial score (nSPS) is 20.9. The third kappa shape index (κ3) is 2.18. The van der Waals surface area contributed by atoms with Gasteiger partial charge in [0.05, 0.1) is 18.2 Å². The van der Waals surface area contributed by atoms with Crippen LogP contribution in [0.4, 0.5) is 9.18 Å². The average Bonchev–Trinajstić information content (AvgIpc) is 2.45. The summed E-state index contributed by atoms with van der Waals surface area (Å²) in [7, 11) is 0. The molecule has 0 aromatic heterocycles. The van der Waals surface area contributed by atoms with E-state index in [1.54, 1.807) is 36.4 Å².